The molecule has 1 saturated carbocycles. The molecule has 2 aliphatic rings. The third-order valence-corrected chi connectivity index (χ3v) is 6.74. The molecule has 0 saturated heterocycles. The van der Waals surface area contributed by atoms with Crippen molar-refractivity contribution in [3.8, 4) is 6.07 Å². The number of carboxylic acid groups (broad SMARTS) is 1. The number of hydrogen-bond donors (Lipinski definition) is 1. The average Bonchev–Trinajstić information content (AvgIpc) is 2.64. The van der Waals surface area contributed by atoms with Gasteiger partial charge in [-0.15, -0.1) is 0 Å². The van der Waals surface area contributed by atoms with E-state index in [0.717, 1.165) is 33.7 Å². The van der Waals surface area contributed by atoms with Crippen molar-refractivity contribution >= 4 is 23.3 Å². The third-order valence-electron chi connectivity index (χ3n) is 5.24. The van der Waals surface area contributed by atoms with E-state index in [9.17, 15) is 15.2 Å². The molecule has 1 N–H and O–H groups in total. The van der Waals surface area contributed by atoms with E-state index in [4.69, 9.17) is 0 Å². The number of carbonyl (C=O) groups is 1. The molecular formula is C21H18N2O2S. The monoisotopic (exact) mass is 362 g/mol. The second kappa shape index (κ2) is 6.62. The Morgan fingerprint density at radius 2 is 2.00 bits per heavy atom. The van der Waals surface area contributed by atoms with E-state index >= 15 is 0 Å². The molecule has 1 aromatic carbocycles. The number of nitrogens with zero attached hydrogens (tertiary/aromatic N) is 2. The van der Waals surface area contributed by atoms with E-state index in [1.165, 1.54) is 11.8 Å². The summed E-state index contributed by atoms with van der Waals surface area (Å²) in [6.07, 6.45) is 6.76. The lowest BCUT2D eigenvalue weighted by Gasteiger charge is -2.37. The topological polar surface area (TPSA) is 74.0 Å². The zero-order chi connectivity index (χ0) is 18.1. The van der Waals surface area contributed by atoms with Crippen LogP contribution in [-0.4, -0.2) is 20.8 Å². The van der Waals surface area contributed by atoms with Crippen LogP contribution in [0, 0.1) is 11.3 Å². The molecule has 1 atom stereocenters. The van der Waals surface area contributed by atoms with Crippen molar-refractivity contribution in [2.24, 2.45) is 0 Å². The molecule has 4 rings (SSSR count). The third kappa shape index (κ3) is 2.71. The number of carboxylic acids is 1. The minimum atomic E-state index is -0.757. The number of nitriles is 1. The minimum absolute atomic E-state index is 0.139. The molecule has 1 heterocycles. The van der Waals surface area contributed by atoms with Crippen molar-refractivity contribution in [1.82, 2.24) is 4.98 Å². The highest BCUT2D eigenvalue weighted by Gasteiger charge is 2.46. The summed E-state index contributed by atoms with van der Waals surface area (Å²) in [6, 6.07) is 14.2. The molecule has 130 valence electrons. The first-order valence-corrected chi connectivity index (χ1v) is 9.53. The number of allylic oxidation sites excluding steroid dienone is 1. The average molecular weight is 362 g/mol. The van der Waals surface area contributed by atoms with Crippen molar-refractivity contribution in [2.45, 2.75) is 41.4 Å². The number of pyridine rings is 1. The number of aliphatic carboxylic acids is 1. The van der Waals surface area contributed by atoms with Gasteiger partial charge >= 0.3 is 5.97 Å². The van der Waals surface area contributed by atoms with E-state index in [-0.39, 0.29) is 5.92 Å². The highest BCUT2D eigenvalue weighted by Crippen LogP contribution is 2.49. The standard InChI is InChI=1S/C21H18N2O2S/c22-13-14-8-9-17(16-6-2-1-5-15(14)16)18-7-3-12-23-19(18)26-21(20(24)25)10-4-11-21/h1-3,5-7,9,12,14H,4,8,10-11H2,(H,24,25). The first-order valence-electron chi connectivity index (χ1n) is 8.71. The summed E-state index contributed by atoms with van der Waals surface area (Å²) in [5, 5.41) is 19.9. The fraction of sp³-hybridized carbons (Fsp3) is 0.286. The molecule has 4 nitrogen and oxygen atoms in total. The molecule has 2 aromatic rings. The van der Waals surface area contributed by atoms with E-state index < -0.39 is 10.7 Å². The van der Waals surface area contributed by atoms with Crippen LogP contribution in [0.3, 0.4) is 0 Å². The number of aromatic nitrogens is 1. The molecule has 0 amide bonds. The van der Waals surface area contributed by atoms with Gasteiger partial charge in [0.2, 0.25) is 0 Å². The summed E-state index contributed by atoms with van der Waals surface area (Å²) in [4.78, 5) is 16.3. The summed E-state index contributed by atoms with van der Waals surface area (Å²) in [6.45, 7) is 0. The summed E-state index contributed by atoms with van der Waals surface area (Å²) in [7, 11) is 0. The van der Waals surface area contributed by atoms with Crippen LogP contribution in [-0.2, 0) is 4.79 Å². The van der Waals surface area contributed by atoms with Crippen LogP contribution in [0.2, 0.25) is 0 Å². The Morgan fingerprint density at radius 3 is 2.69 bits per heavy atom. The minimum Gasteiger partial charge on any atom is -0.480 e. The Bertz CT molecular complexity index is 941. The Kier molecular flexibility index (Phi) is 4.29. The predicted octanol–water partition coefficient (Wildman–Crippen LogP) is 4.62. The van der Waals surface area contributed by atoms with Crippen molar-refractivity contribution in [1.29, 1.82) is 5.26 Å². The molecule has 0 radical (unpaired) electrons. The van der Waals surface area contributed by atoms with Crippen molar-refractivity contribution < 1.29 is 9.90 Å². The molecule has 0 spiro atoms. The van der Waals surface area contributed by atoms with Crippen molar-refractivity contribution in [3.05, 3.63) is 65.4 Å². The second-order valence-electron chi connectivity index (χ2n) is 6.73. The molecule has 1 fully saturated rings. The molecule has 5 heteroatoms. The van der Waals surface area contributed by atoms with E-state index in [1.54, 1.807) is 6.20 Å². The van der Waals surface area contributed by atoms with Gasteiger partial charge in [-0.3, -0.25) is 4.79 Å². The molecule has 1 unspecified atom stereocenters. The van der Waals surface area contributed by atoms with Crippen LogP contribution in [0.15, 0.2) is 53.7 Å². The summed E-state index contributed by atoms with van der Waals surface area (Å²) >= 11 is 1.37. The fourth-order valence-corrected chi connectivity index (χ4v) is 4.97. The first kappa shape index (κ1) is 16.9. The Labute approximate surface area is 156 Å². The second-order valence-corrected chi connectivity index (χ2v) is 8.11. The van der Waals surface area contributed by atoms with Gasteiger partial charge in [0, 0.05) is 11.8 Å². The lowest BCUT2D eigenvalue weighted by Crippen LogP contribution is -2.42. The maximum Gasteiger partial charge on any atom is 0.320 e. The Hall–Kier alpha value is -2.58. The quantitative estimate of drug-likeness (QED) is 0.859. The summed E-state index contributed by atoms with van der Waals surface area (Å²) < 4.78 is -0.757. The molecule has 1 aromatic heterocycles. The van der Waals surface area contributed by atoms with Gasteiger partial charge in [-0.1, -0.05) is 48.2 Å². The van der Waals surface area contributed by atoms with Gasteiger partial charge in [0.25, 0.3) is 0 Å². The van der Waals surface area contributed by atoms with Crippen molar-refractivity contribution in [2.75, 3.05) is 0 Å². The SMILES string of the molecule is N#CC1CC=C(c2cccnc2SC2(C(=O)O)CCC2)c2ccccc21. The zero-order valence-corrected chi connectivity index (χ0v) is 15.0. The molecule has 2 aliphatic carbocycles. The van der Waals surface area contributed by atoms with Gasteiger partial charge in [-0.05, 0) is 48.4 Å². The van der Waals surface area contributed by atoms with Gasteiger partial charge in [-0.2, -0.15) is 5.26 Å². The van der Waals surface area contributed by atoms with Gasteiger partial charge in [0.1, 0.15) is 9.77 Å². The number of thioether (sulfide) groups is 1. The van der Waals surface area contributed by atoms with E-state index in [2.05, 4.69) is 17.1 Å². The first-order chi connectivity index (χ1) is 12.6. The smallest absolute Gasteiger partial charge is 0.320 e. The van der Waals surface area contributed by atoms with Gasteiger partial charge in [0.15, 0.2) is 0 Å². The van der Waals surface area contributed by atoms with Crippen LogP contribution in [0.25, 0.3) is 5.57 Å². The van der Waals surface area contributed by atoms with E-state index in [1.807, 2.05) is 36.4 Å². The Balaban J connectivity index is 1.77. The largest absolute Gasteiger partial charge is 0.480 e. The molecular weight excluding hydrogens is 344 g/mol. The number of fused-ring (bicyclic) bond motifs is 1. The van der Waals surface area contributed by atoms with Crippen molar-refractivity contribution in [3.63, 3.8) is 0 Å². The van der Waals surface area contributed by atoms with Gasteiger partial charge < -0.3 is 5.11 Å². The van der Waals surface area contributed by atoms with Crippen LogP contribution in [0.4, 0.5) is 0 Å². The molecule has 0 bridgehead atoms. The van der Waals surface area contributed by atoms with Crippen LogP contribution in [0.5, 0.6) is 0 Å². The summed E-state index contributed by atoms with van der Waals surface area (Å²) in [5.74, 6) is -0.896. The predicted molar refractivity (Wildman–Crippen MR) is 101 cm³/mol. The normalized spacial score (nSPS) is 20.3. The lowest BCUT2D eigenvalue weighted by molar-refractivity contribution is -0.142. The summed E-state index contributed by atoms with van der Waals surface area (Å²) in [5.41, 5.74) is 4.07. The van der Waals surface area contributed by atoms with Crippen LogP contribution < -0.4 is 0 Å². The zero-order valence-electron chi connectivity index (χ0n) is 14.2. The maximum atomic E-state index is 11.8. The lowest BCUT2D eigenvalue weighted by atomic mass is 9.81. The van der Waals surface area contributed by atoms with Gasteiger partial charge in [0.05, 0.1) is 12.0 Å². The van der Waals surface area contributed by atoms with E-state index in [0.29, 0.717) is 19.3 Å². The number of benzene rings is 1. The Morgan fingerprint density at radius 1 is 1.23 bits per heavy atom. The maximum absolute atomic E-state index is 11.8. The highest BCUT2D eigenvalue weighted by molar-refractivity contribution is 8.01. The van der Waals surface area contributed by atoms with Gasteiger partial charge in [-0.25, -0.2) is 4.98 Å². The van der Waals surface area contributed by atoms with Crippen LogP contribution >= 0.6 is 11.8 Å². The number of hydrogen-bond acceptors (Lipinski definition) is 4. The molecule has 0 aliphatic heterocycles. The fourth-order valence-electron chi connectivity index (χ4n) is 3.62. The number of rotatable bonds is 4. The molecule has 26 heavy (non-hydrogen) atoms. The van der Waals surface area contributed by atoms with Crippen LogP contribution in [0.1, 0.15) is 48.3 Å². The highest BCUT2D eigenvalue weighted by atomic mass is 32.2.